The monoisotopic (exact) mass is 273 g/mol. The molecule has 2 rings (SSSR count). The van der Waals surface area contributed by atoms with E-state index in [1.54, 1.807) is 14.0 Å². The van der Waals surface area contributed by atoms with E-state index in [1.165, 1.54) is 10.7 Å². The predicted molar refractivity (Wildman–Crippen MR) is 62.8 cm³/mol. The molecule has 7 heteroatoms. The van der Waals surface area contributed by atoms with E-state index in [-0.39, 0.29) is 5.56 Å². The summed E-state index contributed by atoms with van der Waals surface area (Å²) < 4.78 is 52.5. The van der Waals surface area contributed by atoms with Crippen LogP contribution in [0.15, 0.2) is 18.2 Å². The van der Waals surface area contributed by atoms with Crippen LogP contribution in [0.3, 0.4) is 0 Å². The van der Waals surface area contributed by atoms with Gasteiger partial charge in [-0.15, -0.1) is 0 Å². The Bertz CT molecular complexity index is 629. The Balaban J connectivity index is 2.61. The van der Waals surface area contributed by atoms with Gasteiger partial charge < -0.3 is 5.73 Å². The van der Waals surface area contributed by atoms with Gasteiger partial charge in [0.15, 0.2) is 0 Å². The van der Waals surface area contributed by atoms with Crippen LogP contribution in [0.1, 0.15) is 11.1 Å². The van der Waals surface area contributed by atoms with Crippen LogP contribution in [0.4, 0.5) is 23.4 Å². The van der Waals surface area contributed by atoms with Gasteiger partial charge in [-0.3, -0.25) is 4.68 Å². The second-order valence-corrected chi connectivity index (χ2v) is 4.17. The van der Waals surface area contributed by atoms with Crippen LogP contribution in [-0.2, 0) is 13.2 Å². The second-order valence-electron chi connectivity index (χ2n) is 4.17. The maximum absolute atomic E-state index is 13.2. The molecule has 0 amide bonds. The molecule has 0 saturated carbocycles. The Morgan fingerprint density at radius 2 is 1.89 bits per heavy atom. The van der Waals surface area contributed by atoms with Gasteiger partial charge >= 0.3 is 6.18 Å². The highest BCUT2D eigenvalue weighted by atomic mass is 19.4. The number of hydrogen-bond donors (Lipinski definition) is 1. The Kier molecular flexibility index (Phi) is 3.00. The fraction of sp³-hybridized carbons (Fsp3) is 0.250. The topological polar surface area (TPSA) is 43.8 Å². The number of nitrogens with zero attached hydrogens (tertiary/aromatic N) is 2. The van der Waals surface area contributed by atoms with E-state index in [1.807, 2.05) is 0 Å². The average Bonchev–Trinajstić information content (AvgIpc) is 2.56. The van der Waals surface area contributed by atoms with E-state index in [0.29, 0.717) is 17.1 Å². The third-order valence-corrected chi connectivity index (χ3v) is 2.88. The first-order valence-electron chi connectivity index (χ1n) is 5.38. The van der Waals surface area contributed by atoms with Crippen molar-refractivity contribution in [2.24, 2.45) is 7.05 Å². The number of alkyl halides is 3. The number of rotatable bonds is 1. The van der Waals surface area contributed by atoms with Crippen LogP contribution < -0.4 is 5.73 Å². The first-order chi connectivity index (χ1) is 8.71. The van der Waals surface area contributed by atoms with Crippen LogP contribution in [0.25, 0.3) is 11.3 Å². The number of aromatic nitrogens is 2. The lowest BCUT2D eigenvalue weighted by molar-refractivity contribution is -0.139. The van der Waals surface area contributed by atoms with E-state index >= 15 is 0 Å². The summed E-state index contributed by atoms with van der Waals surface area (Å²) in [6.45, 7) is 1.65. The van der Waals surface area contributed by atoms with Gasteiger partial charge in [-0.1, -0.05) is 0 Å². The minimum Gasteiger partial charge on any atom is -0.384 e. The predicted octanol–water partition coefficient (Wildman–Crippen LogP) is 3.14. The molecule has 0 fully saturated rings. The van der Waals surface area contributed by atoms with Gasteiger partial charge in [0.25, 0.3) is 0 Å². The zero-order valence-electron chi connectivity index (χ0n) is 10.2. The fourth-order valence-electron chi connectivity index (χ4n) is 1.81. The molecule has 0 radical (unpaired) electrons. The van der Waals surface area contributed by atoms with Gasteiger partial charge in [-0.25, -0.2) is 4.39 Å². The van der Waals surface area contributed by atoms with E-state index in [0.717, 1.165) is 12.1 Å². The zero-order chi connectivity index (χ0) is 14.4. The molecule has 3 nitrogen and oxygen atoms in total. The van der Waals surface area contributed by atoms with Gasteiger partial charge in [0.05, 0.1) is 11.3 Å². The first-order valence-corrected chi connectivity index (χ1v) is 5.38. The maximum atomic E-state index is 13.2. The van der Waals surface area contributed by atoms with Crippen LogP contribution in [0.2, 0.25) is 0 Å². The van der Waals surface area contributed by atoms with Crippen molar-refractivity contribution in [1.29, 1.82) is 0 Å². The lowest BCUT2D eigenvalue weighted by Gasteiger charge is -2.09. The maximum Gasteiger partial charge on any atom is 0.419 e. The molecule has 0 saturated heterocycles. The number of aryl methyl sites for hydroxylation is 1. The molecule has 1 aromatic heterocycles. The third-order valence-electron chi connectivity index (χ3n) is 2.88. The summed E-state index contributed by atoms with van der Waals surface area (Å²) in [4.78, 5) is 0. The van der Waals surface area contributed by atoms with Crippen molar-refractivity contribution in [3.8, 4) is 11.3 Å². The van der Waals surface area contributed by atoms with Crippen molar-refractivity contribution < 1.29 is 17.6 Å². The highest BCUT2D eigenvalue weighted by Crippen LogP contribution is 2.35. The molecule has 0 aliphatic carbocycles. The largest absolute Gasteiger partial charge is 0.419 e. The molecular formula is C12H11F4N3. The van der Waals surface area contributed by atoms with Crippen LogP contribution in [-0.4, -0.2) is 9.78 Å². The average molecular weight is 273 g/mol. The molecule has 19 heavy (non-hydrogen) atoms. The van der Waals surface area contributed by atoms with Crippen LogP contribution in [0.5, 0.6) is 0 Å². The van der Waals surface area contributed by atoms with Crippen molar-refractivity contribution in [2.45, 2.75) is 13.1 Å². The minimum atomic E-state index is -4.74. The molecule has 102 valence electrons. The summed E-state index contributed by atoms with van der Waals surface area (Å²) in [6, 6.07) is 2.77. The number of nitrogen functional groups attached to an aromatic ring is 1. The van der Waals surface area contributed by atoms with Gasteiger partial charge in [-0.05, 0) is 25.1 Å². The van der Waals surface area contributed by atoms with E-state index < -0.39 is 17.6 Å². The first kappa shape index (κ1) is 13.4. The summed E-state index contributed by atoms with van der Waals surface area (Å²) in [6.07, 6.45) is -4.74. The van der Waals surface area contributed by atoms with Crippen LogP contribution in [0, 0.1) is 12.7 Å². The summed E-state index contributed by atoms with van der Waals surface area (Å²) >= 11 is 0. The quantitative estimate of drug-likeness (QED) is 0.811. The minimum absolute atomic E-state index is 0.179. The molecule has 0 aliphatic heterocycles. The van der Waals surface area contributed by atoms with Crippen molar-refractivity contribution >= 4 is 5.82 Å². The number of benzene rings is 1. The Morgan fingerprint density at radius 1 is 1.26 bits per heavy atom. The summed E-state index contributed by atoms with van der Waals surface area (Å²) in [5.74, 6) is -0.953. The fourth-order valence-corrected chi connectivity index (χ4v) is 1.81. The summed E-state index contributed by atoms with van der Waals surface area (Å²) in [7, 11) is 1.58. The SMILES string of the molecule is Cc1c(-c2ccc(F)c(C(F)(F)F)c2)nn(C)c1N. The third kappa shape index (κ3) is 2.27. The molecule has 2 aromatic rings. The van der Waals surface area contributed by atoms with Gasteiger partial charge in [-0.2, -0.15) is 18.3 Å². The number of hydrogen-bond acceptors (Lipinski definition) is 2. The molecule has 0 bridgehead atoms. The molecule has 1 heterocycles. The molecule has 0 aliphatic rings. The van der Waals surface area contributed by atoms with Gasteiger partial charge in [0.1, 0.15) is 11.6 Å². The van der Waals surface area contributed by atoms with Gasteiger partial charge in [0, 0.05) is 18.2 Å². The van der Waals surface area contributed by atoms with E-state index in [2.05, 4.69) is 5.10 Å². The molecule has 0 unspecified atom stereocenters. The molecule has 1 aromatic carbocycles. The summed E-state index contributed by atoms with van der Waals surface area (Å²) in [5, 5.41) is 4.03. The van der Waals surface area contributed by atoms with Crippen molar-refractivity contribution in [3.63, 3.8) is 0 Å². The lowest BCUT2D eigenvalue weighted by atomic mass is 10.0. The molecule has 0 spiro atoms. The molecular weight excluding hydrogens is 262 g/mol. The Labute approximate surface area is 106 Å². The smallest absolute Gasteiger partial charge is 0.384 e. The Hall–Kier alpha value is -2.05. The lowest BCUT2D eigenvalue weighted by Crippen LogP contribution is -2.08. The zero-order valence-corrected chi connectivity index (χ0v) is 10.2. The van der Waals surface area contributed by atoms with Crippen LogP contribution >= 0.6 is 0 Å². The highest BCUT2D eigenvalue weighted by Gasteiger charge is 2.34. The van der Waals surface area contributed by atoms with Crippen molar-refractivity contribution in [2.75, 3.05) is 5.73 Å². The second kappa shape index (κ2) is 4.25. The number of nitrogens with two attached hydrogens (primary N) is 1. The summed E-state index contributed by atoms with van der Waals surface area (Å²) in [5.41, 5.74) is 5.43. The van der Waals surface area contributed by atoms with Crippen molar-refractivity contribution in [3.05, 3.63) is 35.1 Å². The van der Waals surface area contributed by atoms with E-state index in [4.69, 9.17) is 5.73 Å². The Morgan fingerprint density at radius 3 is 2.37 bits per heavy atom. The van der Waals surface area contributed by atoms with Crippen molar-refractivity contribution in [1.82, 2.24) is 9.78 Å². The number of halogens is 4. The van der Waals surface area contributed by atoms with E-state index in [9.17, 15) is 17.6 Å². The molecule has 0 atom stereocenters. The standard InChI is InChI=1S/C12H11F4N3/c1-6-10(18-19(2)11(6)17)7-3-4-9(13)8(5-7)12(14,15)16/h3-5H,17H2,1-2H3. The van der Waals surface area contributed by atoms with Gasteiger partial charge in [0.2, 0.25) is 0 Å². The number of anilines is 1. The molecule has 2 N–H and O–H groups in total. The normalized spacial score (nSPS) is 11.9. The highest BCUT2D eigenvalue weighted by molar-refractivity contribution is 5.68.